The number of nitrogens with zero attached hydrogens (tertiary/aromatic N) is 3. The summed E-state index contributed by atoms with van der Waals surface area (Å²) in [5.41, 5.74) is 1.92. The van der Waals surface area contributed by atoms with E-state index in [1.54, 1.807) is 4.52 Å². The third kappa shape index (κ3) is 2.97. The predicted molar refractivity (Wildman–Crippen MR) is 69.5 cm³/mol. The van der Waals surface area contributed by atoms with Crippen molar-refractivity contribution in [3.63, 3.8) is 0 Å². The van der Waals surface area contributed by atoms with Crippen LogP contribution in [0.1, 0.15) is 18.9 Å². The van der Waals surface area contributed by atoms with Crippen LogP contribution in [-0.4, -0.2) is 33.6 Å². The van der Waals surface area contributed by atoms with Gasteiger partial charge in [0.05, 0.1) is 0 Å². The van der Waals surface area contributed by atoms with Crippen molar-refractivity contribution in [3.8, 4) is 0 Å². The number of fused-ring (bicyclic) bond motifs is 1. The van der Waals surface area contributed by atoms with E-state index in [1.165, 1.54) is 0 Å². The van der Waals surface area contributed by atoms with Crippen LogP contribution in [0, 0.1) is 6.92 Å². The summed E-state index contributed by atoms with van der Waals surface area (Å²) in [4.78, 5) is 15.6. The minimum atomic E-state index is 0.0320. The summed E-state index contributed by atoms with van der Waals surface area (Å²) >= 11 is 0. The molecule has 6 heteroatoms. The molecule has 0 fully saturated rings. The van der Waals surface area contributed by atoms with Gasteiger partial charge in [0.15, 0.2) is 5.65 Å². The molecule has 0 spiro atoms. The second-order valence-electron chi connectivity index (χ2n) is 4.07. The summed E-state index contributed by atoms with van der Waals surface area (Å²) in [5.74, 6) is 0.578. The molecule has 2 rings (SSSR count). The lowest BCUT2D eigenvalue weighted by molar-refractivity contribution is -0.120. The van der Waals surface area contributed by atoms with Crippen molar-refractivity contribution in [2.45, 2.75) is 20.3 Å². The van der Waals surface area contributed by atoms with Gasteiger partial charge in [-0.1, -0.05) is 6.07 Å². The zero-order chi connectivity index (χ0) is 13.0. The number of hydrogen-bond donors (Lipinski definition) is 2. The minimum absolute atomic E-state index is 0.0320. The number of anilines is 1. The molecule has 0 saturated carbocycles. The molecule has 2 aromatic rings. The van der Waals surface area contributed by atoms with Crippen LogP contribution in [-0.2, 0) is 4.79 Å². The molecule has 0 bridgehead atoms. The van der Waals surface area contributed by atoms with Crippen LogP contribution >= 0.6 is 0 Å². The van der Waals surface area contributed by atoms with Crippen LogP contribution in [0.4, 0.5) is 5.95 Å². The van der Waals surface area contributed by atoms with Crippen LogP contribution < -0.4 is 10.6 Å². The first-order valence-electron chi connectivity index (χ1n) is 6.02. The number of hydrogen-bond acceptors (Lipinski definition) is 4. The van der Waals surface area contributed by atoms with Crippen molar-refractivity contribution in [2.24, 2.45) is 0 Å². The molecule has 0 aromatic carbocycles. The molecule has 0 aliphatic heterocycles. The fraction of sp³-hybridized carbons (Fsp3) is 0.417. The first-order chi connectivity index (χ1) is 8.69. The summed E-state index contributed by atoms with van der Waals surface area (Å²) in [6.45, 7) is 5.09. The molecule has 18 heavy (non-hydrogen) atoms. The van der Waals surface area contributed by atoms with Gasteiger partial charge < -0.3 is 10.6 Å². The van der Waals surface area contributed by atoms with E-state index in [4.69, 9.17) is 0 Å². The molecule has 0 saturated heterocycles. The molecular formula is C12H17N5O. The Morgan fingerprint density at radius 3 is 3.06 bits per heavy atom. The van der Waals surface area contributed by atoms with Gasteiger partial charge in [0.25, 0.3) is 0 Å². The van der Waals surface area contributed by atoms with Gasteiger partial charge in [-0.25, -0.2) is 4.52 Å². The lowest BCUT2D eigenvalue weighted by atomic mass is 10.3. The van der Waals surface area contributed by atoms with Crippen LogP contribution in [0.5, 0.6) is 0 Å². The van der Waals surface area contributed by atoms with E-state index in [1.807, 2.05) is 32.2 Å². The van der Waals surface area contributed by atoms with Gasteiger partial charge in [-0.05, 0) is 25.5 Å². The van der Waals surface area contributed by atoms with Crippen molar-refractivity contribution in [1.82, 2.24) is 19.9 Å². The summed E-state index contributed by atoms with van der Waals surface area (Å²) in [6.07, 6.45) is 2.33. The Labute approximate surface area is 105 Å². The molecule has 2 heterocycles. The van der Waals surface area contributed by atoms with Gasteiger partial charge in [-0.2, -0.15) is 4.98 Å². The number of aryl methyl sites for hydroxylation is 1. The van der Waals surface area contributed by atoms with E-state index < -0.39 is 0 Å². The van der Waals surface area contributed by atoms with Crippen molar-refractivity contribution in [1.29, 1.82) is 0 Å². The average Bonchev–Trinajstić information content (AvgIpc) is 2.71. The second-order valence-corrected chi connectivity index (χ2v) is 4.07. The topological polar surface area (TPSA) is 71.3 Å². The number of carbonyl (C=O) groups excluding carboxylic acids is 1. The van der Waals surface area contributed by atoms with Crippen molar-refractivity contribution in [3.05, 3.63) is 23.9 Å². The van der Waals surface area contributed by atoms with Gasteiger partial charge in [0.1, 0.15) is 0 Å². The van der Waals surface area contributed by atoms with Crippen LogP contribution in [0.2, 0.25) is 0 Å². The molecule has 2 aromatic heterocycles. The largest absolute Gasteiger partial charge is 0.356 e. The summed E-state index contributed by atoms with van der Waals surface area (Å²) in [5, 5.41) is 10.1. The van der Waals surface area contributed by atoms with Gasteiger partial charge in [-0.3, -0.25) is 4.79 Å². The molecule has 1 amide bonds. The highest BCUT2D eigenvalue weighted by atomic mass is 16.1. The number of amides is 1. The summed E-state index contributed by atoms with van der Waals surface area (Å²) in [6, 6.07) is 3.90. The Balaban J connectivity index is 1.94. The van der Waals surface area contributed by atoms with E-state index in [9.17, 15) is 4.79 Å². The molecule has 96 valence electrons. The standard InChI is InChI=1S/C12H17N5O/c1-3-13-11(18)6-7-14-12-15-10-5-4-9(2)8-17(10)16-12/h4-5,8H,3,6-7H2,1-2H3,(H,13,18)(H,14,16). The highest BCUT2D eigenvalue weighted by Crippen LogP contribution is 2.06. The first kappa shape index (κ1) is 12.3. The summed E-state index contributed by atoms with van der Waals surface area (Å²) in [7, 11) is 0. The minimum Gasteiger partial charge on any atom is -0.356 e. The predicted octanol–water partition coefficient (Wildman–Crippen LogP) is 0.976. The van der Waals surface area contributed by atoms with Gasteiger partial charge >= 0.3 is 0 Å². The van der Waals surface area contributed by atoms with Crippen LogP contribution in [0.15, 0.2) is 18.3 Å². The van der Waals surface area contributed by atoms with E-state index in [0.717, 1.165) is 11.2 Å². The van der Waals surface area contributed by atoms with E-state index >= 15 is 0 Å². The number of carbonyl (C=O) groups is 1. The fourth-order valence-electron chi connectivity index (χ4n) is 1.63. The Bertz CT molecular complexity index is 548. The van der Waals surface area contributed by atoms with Crippen molar-refractivity contribution in [2.75, 3.05) is 18.4 Å². The third-order valence-corrected chi connectivity index (χ3v) is 2.49. The quantitative estimate of drug-likeness (QED) is 0.826. The Morgan fingerprint density at radius 1 is 1.44 bits per heavy atom. The SMILES string of the molecule is CCNC(=O)CCNc1nc2ccc(C)cn2n1. The smallest absolute Gasteiger partial charge is 0.243 e. The lowest BCUT2D eigenvalue weighted by Crippen LogP contribution is -2.24. The highest BCUT2D eigenvalue weighted by Gasteiger charge is 2.04. The maximum atomic E-state index is 11.3. The van der Waals surface area contributed by atoms with E-state index in [-0.39, 0.29) is 5.91 Å². The first-order valence-corrected chi connectivity index (χ1v) is 6.02. The number of aromatic nitrogens is 3. The Kier molecular flexibility index (Phi) is 3.76. The fourth-order valence-corrected chi connectivity index (χ4v) is 1.63. The zero-order valence-corrected chi connectivity index (χ0v) is 10.6. The highest BCUT2D eigenvalue weighted by molar-refractivity contribution is 5.76. The number of pyridine rings is 1. The number of nitrogens with one attached hydrogen (secondary N) is 2. The van der Waals surface area contributed by atoms with Gasteiger partial charge in [-0.15, -0.1) is 5.10 Å². The molecular weight excluding hydrogens is 230 g/mol. The number of rotatable bonds is 5. The maximum Gasteiger partial charge on any atom is 0.243 e. The van der Waals surface area contributed by atoms with E-state index in [0.29, 0.717) is 25.5 Å². The van der Waals surface area contributed by atoms with Gasteiger partial charge in [0, 0.05) is 25.7 Å². The molecule has 0 aliphatic rings. The monoisotopic (exact) mass is 247 g/mol. The van der Waals surface area contributed by atoms with E-state index in [2.05, 4.69) is 20.7 Å². The molecule has 0 atom stereocenters. The summed E-state index contributed by atoms with van der Waals surface area (Å²) < 4.78 is 1.73. The maximum absolute atomic E-state index is 11.3. The second kappa shape index (κ2) is 5.48. The van der Waals surface area contributed by atoms with Crippen molar-refractivity contribution >= 4 is 17.5 Å². The van der Waals surface area contributed by atoms with Crippen LogP contribution in [0.3, 0.4) is 0 Å². The average molecular weight is 247 g/mol. The molecule has 2 N–H and O–H groups in total. The van der Waals surface area contributed by atoms with Crippen molar-refractivity contribution < 1.29 is 4.79 Å². The third-order valence-electron chi connectivity index (χ3n) is 2.49. The normalized spacial score (nSPS) is 10.6. The molecule has 0 aliphatic carbocycles. The van der Waals surface area contributed by atoms with Gasteiger partial charge in [0.2, 0.25) is 11.9 Å². The molecule has 0 unspecified atom stereocenters. The lowest BCUT2D eigenvalue weighted by Gasteiger charge is -2.01. The molecule has 6 nitrogen and oxygen atoms in total. The van der Waals surface area contributed by atoms with Crippen LogP contribution in [0.25, 0.3) is 5.65 Å². The Hall–Kier alpha value is -2.11. The zero-order valence-electron chi connectivity index (χ0n) is 10.6. The molecule has 0 radical (unpaired) electrons. The Morgan fingerprint density at radius 2 is 2.28 bits per heavy atom.